The summed E-state index contributed by atoms with van der Waals surface area (Å²) in [6.07, 6.45) is 0. The van der Waals surface area contributed by atoms with E-state index >= 15 is 0 Å². The van der Waals surface area contributed by atoms with Gasteiger partial charge in [0, 0.05) is 49.9 Å². The number of para-hydroxylation sites is 2. The lowest BCUT2D eigenvalue weighted by atomic mass is 10.0. The number of benzene rings is 5. The maximum Gasteiger partial charge on any atom is 0.0492 e. The van der Waals surface area contributed by atoms with Crippen molar-refractivity contribution >= 4 is 54.8 Å². The van der Waals surface area contributed by atoms with E-state index < -0.39 is 0 Å². The number of nitrogens with zero attached hydrogens (tertiary/aromatic N) is 2. The lowest BCUT2D eigenvalue weighted by Crippen LogP contribution is -2.09. The molecule has 0 saturated carbocycles. The first kappa shape index (κ1) is 21.7. The quantitative estimate of drug-likeness (QED) is 0.221. The summed E-state index contributed by atoms with van der Waals surface area (Å²) in [5.41, 5.74) is 8.42. The molecule has 0 fully saturated rings. The SMILES string of the molecule is CCn1c2ccc(Br)cc2c2cc(-c3ccc(N(c4ccccc4)c4ccccc4)cc3)ccc21. The topological polar surface area (TPSA) is 8.17 Å². The molecule has 5 aromatic carbocycles. The summed E-state index contributed by atoms with van der Waals surface area (Å²) in [5, 5.41) is 2.58. The van der Waals surface area contributed by atoms with Gasteiger partial charge in [-0.1, -0.05) is 70.5 Å². The van der Waals surface area contributed by atoms with Crippen molar-refractivity contribution in [3.63, 3.8) is 0 Å². The van der Waals surface area contributed by atoms with Gasteiger partial charge in [-0.2, -0.15) is 0 Å². The van der Waals surface area contributed by atoms with E-state index in [0.29, 0.717) is 0 Å². The van der Waals surface area contributed by atoms with Crippen molar-refractivity contribution in [3.05, 3.63) is 126 Å². The number of aryl methyl sites for hydroxylation is 1. The molecule has 0 atom stereocenters. The number of rotatable bonds is 5. The molecule has 6 aromatic rings. The molecule has 0 aliphatic carbocycles. The molecule has 0 amide bonds. The summed E-state index contributed by atoms with van der Waals surface area (Å²) in [6, 6.07) is 43.3. The fraction of sp³-hybridized carbons (Fsp3) is 0.0625. The first-order chi connectivity index (χ1) is 17.2. The molecule has 0 aliphatic heterocycles. The lowest BCUT2D eigenvalue weighted by molar-refractivity contribution is 0.827. The Bertz CT molecular complexity index is 1580. The monoisotopic (exact) mass is 516 g/mol. The van der Waals surface area contributed by atoms with Gasteiger partial charge in [-0.15, -0.1) is 0 Å². The van der Waals surface area contributed by atoms with Gasteiger partial charge >= 0.3 is 0 Å². The maximum atomic E-state index is 3.66. The number of hydrogen-bond acceptors (Lipinski definition) is 1. The van der Waals surface area contributed by atoms with Gasteiger partial charge in [0.1, 0.15) is 0 Å². The van der Waals surface area contributed by atoms with Crippen LogP contribution in [0.3, 0.4) is 0 Å². The minimum Gasteiger partial charge on any atom is -0.341 e. The second kappa shape index (κ2) is 9.09. The molecule has 0 unspecified atom stereocenters. The van der Waals surface area contributed by atoms with Crippen LogP contribution in [-0.4, -0.2) is 4.57 Å². The number of hydrogen-bond donors (Lipinski definition) is 0. The molecule has 2 nitrogen and oxygen atoms in total. The van der Waals surface area contributed by atoms with Gasteiger partial charge < -0.3 is 9.47 Å². The zero-order valence-electron chi connectivity index (χ0n) is 19.5. The Morgan fingerprint density at radius 1 is 0.571 bits per heavy atom. The van der Waals surface area contributed by atoms with E-state index in [1.54, 1.807) is 0 Å². The van der Waals surface area contributed by atoms with Crippen LogP contribution < -0.4 is 4.90 Å². The second-order valence-corrected chi connectivity index (χ2v) is 9.61. The lowest BCUT2D eigenvalue weighted by Gasteiger charge is -2.25. The zero-order chi connectivity index (χ0) is 23.8. The normalized spacial score (nSPS) is 11.3. The Balaban J connectivity index is 1.43. The molecule has 0 saturated heterocycles. The highest BCUT2D eigenvalue weighted by Gasteiger charge is 2.14. The third-order valence-electron chi connectivity index (χ3n) is 6.63. The third-order valence-corrected chi connectivity index (χ3v) is 7.12. The molecule has 35 heavy (non-hydrogen) atoms. The molecule has 6 rings (SSSR count). The number of anilines is 3. The Morgan fingerprint density at radius 3 is 1.69 bits per heavy atom. The molecule has 3 heteroatoms. The fourth-order valence-electron chi connectivity index (χ4n) is 5.00. The average Bonchev–Trinajstić information content (AvgIpc) is 3.22. The standard InChI is InChI=1S/C32H25BrN2/c1-2-34-31-19-15-24(21-29(31)30-22-25(33)16-20-32(30)34)23-13-17-28(18-14-23)35(26-9-5-3-6-10-26)27-11-7-4-8-12-27/h3-22H,2H2,1H3. The van der Waals surface area contributed by atoms with Gasteiger partial charge in [-0.3, -0.25) is 0 Å². The largest absolute Gasteiger partial charge is 0.341 e. The van der Waals surface area contributed by atoms with Crippen molar-refractivity contribution in [2.75, 3.05) is 4.90 Å². The van der Waals surface area contributed by atoms with E-state index in [0.717, 1.165) is 28.1 Å². The van der Waals surface area contributed by atoms with Crippen LogP contribution >= 0.6 is 15.9 Å². The minimum atomic E-state index is 0.949. The van der Waals surface area contributed by atoms with Gasteiger partial charge in [0.25, 0.3) is 0 Å². The first-order valence-electron chi connectivity index (χ1n) is 11.9. The summed E-state index contributed by atoms with van der Waals surface area (Å²) >= 11 is 3.66. The second-order valence-electron chi connectivity index (χ2n) is 8.69. The zero-order valence-corrected chi connectivity index (χ0v) is 21.1. The van der Waals surface area contributed by atoms with Crippen LogP contribution in [0.4, 0.5) is 17.1 Å². The third kappa shape index (κ3) is 3.92. The van der Waals surface area contributed by atoms with Gasteiger partial charge in [0.2, 0.25) is 0 Å². The Morgan fingerprint density at radius 2 is 1.09 bits per heavy atom. The van der Waals surface area contributed by atoms with E-state index in [4.69, 9.17) is 0 Å². The van der Waals surface area contributed by atoms with Crippen molar-refractivity contribution in [1.82, 2.24) is 4.57 Å². The van der Waals surface area contributed by atoms with Crippen LogP contribution in [0, 0.1) is 0 Å². The molecule has 1 aromatic heterocycles. The smallest absolute Gasteiger partial charge is 0.0492 e. The Kier molecular flexibility index (Phi) is 5.63. The molecule has 0 bridgehead atoms. The molecule has 0 spiro atoms. The molecule has 170 valence electrons. The van der Waals surface area contributed by atoms with E-state index in [1.807, 2.05) is 0 Å². The molecule has 0 aliphatic rings. The Labute approximate surface area is 214 Å². The van der Waals surface area contributed by atoms with Crippen molar-refractivity contribution in [2.24, 2.45) is 0 Å². The van der Waals surface area contributed by atoms with Crippen LogP contribution in [0.25, 0.3) is 32.9 Å². The van der Waals surface area contributed by atoms with Gasteiger partial charge in [0.15, 0.2) is 0 Å². The van der Waals surface area contributed by atoms with Crippen molar-refractivity contribution < 1.29 is 0 Å². The predicted molar refractivity (Wildman–Crippen MR) is 153 cm³/mol. The molecular formula is C32H25BrN2. The molecule has 1 heterocycles. The van der Waals surface area contributed by atoms with E-state index in [2.05, 4.69) is 154 Å². The minimum absolute atomic E-state index is 0.949. The van der Waals surface area contributed by atoms with Crippen LogP contribution in [0.5, 0.6) is 0 Å². The van der Waals surface area contributed by atoms with Crippen molar-refractivity contribution in [1.29, 1.82) is 0 Å². The van der Waals surface area contributed by atoms with Gasteiger partial charge in [-0.05, 0) is 84.8 Å². The average molecular weight is 517 g/mol. The summed E-state index contributed by atoms with van der Waals surface area (Å²) in [6.45, 7) is 3.16. The first-order valence-corrected chi connectivity index (χ1v) is 12.7. The summed E-state index contributed by atoms with van der Waals surface area (Å²) in [5.74, 6) is 0. The highest BCUT2D eigenvalue weighted by molar-refractivity contribution is 9.10. The summed E-state index contributed by atoms with van der Waals surface area (Å²) < 4.78 is 3.50. The fourth-order valence-corrected chi connectivity index (χ4v) is 5.36. The summed E-state index contributed by atoms with van der Waals surface area (Å²) in [7, 11) is 0. The predicted octanol–water partition coefficient (Wildman–Crippen LogP) is 9.71. The Hall–Kier alpha value is -3.82. The van der Waals surface area contributed by atoms with E-state index in [1.165, 1.54) is 32.9 Å². The summed E-state index contributed by atoms with van der Waals surface area (Å²) in [4.78, 5) is 2.29. The molecule has 0 radical (unpaired) electrons. The number of fused-ring (bicyclic) bond motifs is 3. The van der Waals surface area contributed by atoms with Crippen LogP contribution in [0.15, 0.2) is 126 Å². The van der Waals surface area contributed by atoms with Crippen molar-refractivity contribution in [2.45, 2.75) is 13.5 Å². The molecule has 0 N–H and O–H groups in total. The maximum absolute atomic E-state index is 3.66. The van der Waals surface area contributed by atoms with Crippen LogP contribution in [-0.2, 0) is 6.54 Å². The van der Waals surface area contributed by atoms with Crippen LogP contribution in [0.2, 0.25) is 0 Å². The highest BCUT2D eigenvalue weighted by atomic mass is 79.9. The molecular weight excluding hydrogens is 492 g/mol. The number of halogens is 1. The number of aromatic nitrogens is 1. The van der Waals surface area contributed by atoms with Gasteiger partial charge in [0.05, 0.1) is 0 Å². The van der Waals surface area contributed by atoms with E-state index in [9.17, 15) is 0 Å². The van der Waals surface area contributed by atoms with E-state index in [-0.39, 0.29) is 0 Å². The van der Waals surface area contributed by atoms with Gasteiger partial charge in [-0.25, -0.2) is 0 Å². The van der Waals surface area contributed by atoms with Crippen LogP contribution in [0.1, 0.15) is 6.92 Å². The highest BCUT2D eigenvalue weighted by Crippen LogP contribution is 2.37. The van der Waals surface area contributed by atoms with Crippen molar-refractivity contribution in [3.8, 4) is 11.1 Å².